The minimum atomic E-state index is -1.95. The van der Waals surface area contributed by atoms with Gasteiger partial charge in [0.2, 0.25) is 0 Å². The predicted octanol–water partition coefficient (Wildman–Crippen LogP) is 4.59. The van der Waals surface area contributed by atoms with E-state index in [1.165, 1.54) is 35.9 Å². The zero-order valence-corrected chi connectivity index (χ0v) is 22.5. The Balaban J connectivity index is 1.34. The fourth-order valence-corrected chi connectivity index (χ4v) is 9.03. The van der Waals surface area contributed by atoms with Gasteiger partial charge < -0.3 is 10.2 Å². The molecule has 3 saturated carbocycles. The van der Waals surface area contributed by atoms with Crippen LogP contribution in [-0.4, -0.2) is 43.6 Å². The van der Waals surface area contributed by atoms with Crippen molar-refractivity contribution in [1.82, 2.24) is 9.97 Å². The number of thiazole rings is 1. The molecule has 0 aromatic carbocycles. The first-order valence-corrected chi connectivity index (χ1v) is 14.0. The molecule has 3 N–H and O–H groups in total. The molecule has 200 valence electrons. The van der Waals surface area contributed by atoms with Crippen LogP contribution in [0, 0.1) is 28.6 Å². The molecule has 2 heterocycles. The number of ketones is 1. The van der Waals surface area contributed by atoms with Crippen LogP contribution in [0.5, 0.6) is 0 Å². The Hall–Kier alpha value is -2.75. The number of amides is 1. The molecule has 2 aromatic rings. The van der Waals surface area contributed by atoms with Crippen molar-refractivity contribution in [3.8, 4) is 0 Å². The van der Waals surface area contributed by atoms with Crippen LogP contribution in [0.1, 0.15) is 62.5 Å². The van der Waals surface area contributed by atoms with Crippen LogP contribution < -0.4 is 5.32 Å². The monoisotopic (exact) mass is 537 g/mol. The lowest BCUT2D eigenvalue weighted by atomic mass is 9.44. The second-order valence-corrected chi connectivity index (χ2v) is 12.8. The summed E-state index contributed by atoms with van der Waals surface area (Å²) in [5, 5.41) is 28.9. The summed E-state index contributed by atoms with van der Waals surface area (Å²) in [6.07, 6.45) is 8.07. The normalized spacial score (nSPS) is 41.6. The Kier molecular flexibility index (Phi) is 5.62. The number of carbonyl (C=O) groups excluding carboxylic acids is 2. The number of hydrogen-bond acceptors (Lipinski definition) is 7. The van der Waals surface area contributed by atoms with Gasteiger partial charge in [0.05, 0.1) is 11.8 Å². The lowest BCUT2D eigenvalue weighted by molar-refractivity contribution is -0.223. The van der Waals surface area contributed by atoms with Crippen LogP contribution in [-0.2, 0) is 10.4 Å². The number of anilines is 1. The highest BCUT2D eigenvalue weighted by atomic mass is 32.1. The van der Waals surface area contributed by atoms with Crippen molar-refractivity contribution in [2.24, 2.45) is 28.6 Å². The summed E-state index contributed by atoms with van der Waals surface area (Å²) < 4.78 is 17.4. The number of pyridine rings is 1. The van der Waals surface area contributed by atoms with E-state index in [0.29, 0.717) is 35.7 Å². The predicted molar refractivity (Wildman–Crippen MR) is 141 cm³/mol. The Morgan fingerprint density at radius 2 is 1.97 bits per heavy atom. The van der Waals surface area contributed by atoms with E-state index in [-0.39, 0.29) is 29.9 Å². The lowest BCUT2D eigenvalue weighted by Crippen LogP contribution is -2.68. The van der Waals surface area contributed by atoms with Crippen molar-refractivity contribution in [2.75, 3.05) is 5.32 Å². The van der Waals surface area contributed by atoms with E-state index in [1.54, 1.807) is 30.5 Å². The number of fused-ring (bicyclic) bond motifs is 5. The van der Waals surface area contributed by atoms with E-state index < -0.39 is 34.1 Å². The van der Waals surface area contributed by atoms with Gasteiger partial charge in [0, 0.05) is 40.1 Å². The number of halogens is 1. The standard InChI is InChI=1S/C29H32FN3O4S/c1-16-12-21-20-5-4-18-13-19(34)6-9-26(18,2)28(20,30)23(35)14-27(21,3)29(16,37)22-15-38-25(32-22)33-24(36)17-7-10-31-11-8-17/h6-11,13,15-16,20-21,23,35,37H,4-5,12,14H2,1-3H3,(H,32,33,36)/t16-,20+,21+,23+,26+,27+,28+,29+/m1/s1. The van der Waals surface area contributed by atoms with E-state index >= 15 is 4.39 Å². The highest BCUT2D eigenvalue weighted by Crippen LogP contribution is 2.72. The fraction of sp³-hybridized carbons (Fsp3) is 0.517. The highest BCUT2D eigenvalue weighted by molar-refractivity contribution is 7.14. The van der Waals surface area contributed by atoms with Crippen LogP contribution in [0.15, 0.2) is 53.7 Å². The molecule has 3 fully saturated rings. The van der Waals surface area contributed by atoms with Crippen LogP contribution in [0.4, 0.5) is 9.52 Å². The molecule has 38 heavy (non-hydrogen) atoms. The number of aliphatic hydroxyl groups is 2. The maximum Gasteiger partial charge on any atom is 0.257 e. The highest BCUT2D eigenvalue weighted by Gasteiger charge is 2.74. The average Bonchev–Trinajstić information content (AvgIpc) is 3.43. The van der Waals surface area contributed by atoms with E-state index in [0.717, 1.165) is 5.57 Å². The molecule has 4 aliphatic carbocycles. The SMILES string of the molecule is C[C@@H]1C[C@H]2[C@@H]3CCC4=CC(=O)C=C[C@]4(C)[C@@]3(F)[C@@H](O)C[C@]2(C)[C@@]1(O)c1csc(NC(=O)c2ccncc2)n1. The van der Waals surface area contributed by atoms with Gasteiger partial charge in [0.25, 0.3) is 5.91 Å². The first kappa shape index (κ1) is 25.5. The van der Waals surface area contributed by atoms with Gasteiger partial charge in [-0.3, -0.25) is 19.9 Å². The van der Waals surface area contributed by atoms with Gasteiger partial charge in [-0.25, -0.2) is 9.37 Å². The molecule has 1 amide bonds. The summed E-state index contributed by atoms with van der Waals surface area (Å²) in [6, 6.07) is 3.22. The Morgan fingerprint density at radius 1 is 1.24 bits per heavy atom. The summed E-state index contributed by atoms with van der Waals surface area (Å²) in [4.78, 5) is 33.3. The molecule has 9 heteroatoms. The van der Waals surface area contributed by atoms with E-state index in [1.807, 2.05) is 13.8 Å². The minimum Gasteiger partial charge on any atom is -0.390 e. The Labute approximate surface area is 224 Å². The third-order valence-corrected chi connectivity index (χ3v) is 11.0. The molecule has 8 atom stereocenters. The summed E-state index contributed by atoms with van der Waals surface area (Å²) in [5.41, 5.74) is -3.64. The molecular weight excluding hydrogens is 505 g/mol. The number of aliphatic hydroxyl groups excluding tert-OH is 1. The van der Waals surface area contributed by atoms with Crippen LogP contribution >= 0.6 is 11.3 Å². The van der Waals surface area contributed by atoms with Crippen molar-refractivity contribution in [1.29, 1.82) is 0 Å². The minimum absolute atomic E-state index is 0.0619. The van der Waals surface area contributed by atoms with E-state index in [2.05, 4.69) is 15.3 Å². The summed E-state index contributed by atoms with van der Waals surface area (Å²) >= 11 is 1.23. The first-order chi connectivity index (χ1) is 17.9. The van der Waals surface area contributed by atoms with Crippen molar-refractivity contribution in [3.05, 3.63) is 65.0 Å². The van der Waals surface area contributed by atoms with E-state index in [9.17, 15) is 19.8 Å². The number of alkyl halides is 1. The second kappa shape index (κ2) is 8.37. The zero-order valence-electron chi connectivity index (χ0n) is 21.6. The molecule has 6 rings (SSSR count). The zero-order chi connectivity index (χ0) is 27.1. The number of aromatic nitrogens is 2. The van der Waals surface area contributed by atoms with E-state index in [4.69, 9.17) is 0 Å². The molecule has 0 aliphatic heterocycles. The van der Waals surface area contributed by atoms with Gasteiger partial charge in [-0.1, -0.05) is 25.5 Å². The fourth-order valence-electron chi connectivity index (χ4n) is 8.27. The van der Waals surface area contributed by atoms with Gasteiger partial charge in [0.1, 0.15) is 5.60 Å². The lowest BCUT2D eigenvalue weighted by Gasteiger charge is -2.62. The molecule has 0 unspecified atom stereocenters. The molecule has 4 aliphatic rings. The summed E-state index contributed by atoms with van der Waals surface area (Å²) in [5.74, 6) is -1.40. The van der Waals surface area contributed by atoms with Crippen molar-refractivity contribution >= 4 is 28.2 Å². The third kappa shape index (κ3) is 3.18. The van der Waals surface area contributed by atoms with Gasteiger partial charge >= 0.3 is 0 Å². The molecule has 0 spiro atoms. The summed E-state index contributed by atoms with van der Waals surface area (Å²) in [6.45, 7) is 5.70. The van der Waals surface area contributed by atoms with Gasteiger partial charge in [0.15, 0.2) is 16.6 Å². The van der Waals surface area contributed by atoms with Gasteiger partial charge in [-0.15, -0.1) is 11.3 Å². The number of hydrogen-bond donors (Lipinski definition) is 3. The van der Waals surface area contributed by atoms with Gasteiger partial charge in [-0.2, -0.15) is 0 Å². The molecule has 7 nitrogen and oxygen atoms in total. The third-order valence-electron chi connectivity index (χ3n) is 10.3. The van der Waals surface area contributed by atoms with Crippen molar-refractivity contribution in [3.63, 3.8) is 0 Å². The maximum absolute atomic E-state index is 17.4. The average molecular weight is 538 g/mol. The molecule has 0 saturated heterocycles. The molecular formula is C29H32FN3O4S. The van der Waals surface area contributed by atoms with Crippen LogP contribution in [0.2, 0.25) is 0 Å². The number of allylic oxidation sites excluding steroid dienone is 4. The quantitative estimate of drug-likeness (QED) is 0.528. The molecule has 2 aromatic heterocycles. The Bertz CT molecular complexity index is 1380. The number of rotatable bonds is 3. The number of nitrogens with one attached hydrogen (secondary N) is 1. The van der Waals surface area contributed by atoms with Crippen molar-refractivity contribution < 1.29 is 24.2 Å². The van der Waals surface area contributed by atoms with Crippen molar-refractivity contribution in [2.45, 2.75) is 63.8 Å². The van der Waals surface area contributed by atoms with Crippen LogP contribution in [0.3, 0.4) is 0 Å². The second-order valence-electron chi connectivity index (χ2n) is 11.9. The topological polar surface area (TPSA) is 112 Å². The first-order valence-electron chi connectivity index (χ1n) is 13.2. The summed E-state index contributed by atoms with van der Waals surface area (Å²) in [7, 11) is 0. The number of nitrogens with zero attached hydrogens (tertiary/aromatic N) is 2. The molecule has 0 bridgehead atoms. The maximum atomic E-state index is 17.4. The molecule has 0 radical (unpaired) electrons. The Morgan fingerprint density at radius 3 is 2.71 bits per heavy atom. The smallest absolute Gasteiger partial charge is 0.257 e. The van der Waals surface area contributed by atoms with Crippen LogP contribution in [0.25, 0.3) is 0 Å². The van der Waals surface area contributed by atoms with Gasteiger partial charge in [-0.05, 0) is 68.7 Å². The largest absolute Gasteiger partial charge is 0.390 e. The number of carbonyl (C=O) groups is 2.